The van der Waals surface area contributed by atoms with Crippen LogP contribution in [0.25, 0.3) is 10.9 Å². The molecule has 0 bridgehead atoms. The summed E-state index contributed by atoms with van der Waals surface area (Å²) < 4.78 is 5.72. The number of nitrogens with one attached hydrogen (secondary N) is 1. The third-order valence-electron chi connectivity index (χ3n) is 6.01. The molecule has 4 aromatic rings. The Balaban J connectivity index is 1.43. The van der Waals surface area contributed by atoms with E-state index in [9.17, 15) is 4.79 Å². The molecule has 0 aliphatic heterocycles. The molecule has 0 amide bonds. The van der Waals surface area contributed by atoms with E-state index in [1.165, 1.54) is 22.2 Å². The number of hydrogen-bond donors (Lipinski definition) is 1. The zero-order valence-electron chi connectivity index (χ0n) is 16.9. The molecule has 0 spiro atoms. The Morgan fingerprint density at radius 1 is 0.900 bits per heavy atom. The quantitative estimate of drug-likeness (QED) is 0.426. The van der Waals surface area contributed by atoms with Gasteiger partial charge in [0.25, 0.3) is 0 Å². The van der Waals surface area contributed by atoms with Gasteiger partial charge in [0.05, 0.1) is 5.92 Å². The van der Waals surface area contributed by atoms with Gasteiger partial charge in [-0.15, -0.1) is 0 Å². The van der Waals surface area contributed by atoms with Crippen LogP contribution in [0.4, 0.5) is 0 Å². The van der Waals surface area contributed by atoms with Crippen molar-refractivity contribution in [1.82, 2.24) is 4.98 Å². The van der Waals surface area contributed by atoms with Gasteiger partial charge in [-0.2, -0.15) is 0 Å². The summed E-state index contributed by atoms with van der Waals surface area (Å²) in [6.45, 7) is 0.327. The molecule has 1 aliphatic carbocycles. The smallest absolute Gasteiger partial charge is 0.313 e. The summed E-state index contributed by atoms with van der Waals surface area (Å²) in [7, 11) is 0. The zero-order valence-corrected chi connectivity index (χ0v) is 16.9. The van der Waals surface area contributed by atoms with E-state index in [4.69, 9.17) is 4.74 Å². The van der Waals surface area contributed by atoms with Crippen molar-refractivity contribution in [2.75, 3.05) is 0 Å². The normalized spacial score (nSPS) is 15.7. The van der Waals surface area contributed by atoms with E-state index < -0.39 is 0 Å². The van der Waals surface area contributed by atoms with Crippen molar-refractivity contribution < 1.29 is 9.53 Å². The molecule has 150 valence electrons. The Kier molecular flexibility index (Phi) is 5.10. The minimum Gasteiger partial charge on any atom is -0.460 e. The van der Waals surface area contributed by atoms with Gasteiger partial charge in [-0.25, -0.2) is 0 Å². The number of aryl methyl sites for hydroxylation is 1. The molecule has 3 aromatic carbocycles. The number of benzene rings is 3. The average molecular weight is 396 g/mol. The number of hydrogen-bond acceptors (Lipinski definition) is 2. The van der Waals surface area contributed by atoms with Crippen LogP contribution in [-0.2, 0) is 29.0 Å². The molecule has 3 heteroatoms. The highest BCUT2D eigenvalue weighted by atomic mass is 16.5. The first-order chi connectivity index (χ1) is 14.8. The van der Waals surface area contributed by atoms with E-state index in [0.29, 0.717) is 6.61 Å². The van der Waals surface area contributed by atoms with Gasteiger partial charge < -0.3 is 9.72 Å². The molecule has 0 saturated carbocycles. The topological polar surface area (TPSA) is 42.1 Å². The molecule has 3 nitrogen and oxygen atoms in total. The molecule has 1 heterocycles. The second-order valence-electron chi connectivity index (χ2n) is 8.10. The molecule has 1 atom stereocenters. The van der Waals surface area contributed by atoms with Crippen LogP contribution in [0.1, 0.15) is 46.7 Å². The van der Waals surface area contributed by atoms with Crippen LogP contribution in [0.5, 0.6) is 0 Å². The molecular formula is C27H25NO2. The minimum atomic E-state index is -0.196. The number of carbonyl (C=O) groups excluding carboxylic acids is 1. The number of H-pyrrole nitrogens is 1. The van der Waals surface area contributed by atoms with Crippen LogP contribution in [-0.4, -0.2) is 11.0 Å². The fraction of sp³-hybridized carbons (Fsp3) is 0.222. The Hall–Kier alpha value is -3.33. The van der Waals surface area contributed by atoms with Crippen molar-refractivity contribution in [3.63, 3.8) is 0 Å². The van der Waals surface area contributed by atoms with Crippen LogP contribution in [0.3, 0.4) is 0 Å². The fourth-order valence-corrected chi connectivity index (χ4v) is 4.54. The molecule has 1 aromatic heterocycles. The maximum absolute atomic E-state index is 13.0. The maximum Gasteiger partial charge on any atom is 0.313 e. The highest BCUT2D eigenvalue weighted by molar-refractivity contribution is 5.92. The molecule has 1 N–H and O–H groups in total. The Morgan fingerprint density at radius 2 is 1.63 bits per heavy atom. The molecule has 5 rings (SSSR count). The first kappa shape index (κ1) is 18.7. The van der Waals surface area contributed by atoms with Crippen molar-refractivity contribution in [3.8, 4) is 0 Å². The molecular weight excluding hydrogens is 370 g/mol. The van der Waals surface area contributed by atoms with Gasteiger partial charge >= 0.3 is 5.97 Å². The summed E-state index contributed by atoms with van der Waals surface area (Å²) in [5, 5.41) is 1.17. The van der Waals surface area contributed by atoms with Crippen molar-refractivity contribution >= 4 is 16.9 Å². The Bertz CT molecular complexity index is 1160. The lowest BCUT2D eigenvalue weighted by Crippen LogP contribution is -2.20. The fourth-order valence-electron chi connectivity index (χ4n) is 4.54. The van der Waals surface area contributed by atoms with Gasteiger partial charge in [0.15, 0.2) is 0 Å². The Labute approximate surface area is 176 Å². The summed E-state index contributed by atoms with van der Waals surface area (Å²) in [4.78, 5) is 16.6. The molecule has 0 saturated heterocycles. The van der Waals surface area contributed by atoms with Crippen molar-refractivity contribution in [3.05, 3.63) is 107 Å². The highest BCUT2D eigenvalue weighted by Crippen LogP contribution is 2.38. The van der Waals surface area contributed by atoms with E-state index in [2.05, 4.69) is 47.4 Å². The van der Waals surface area contributed by atoms with Gasteiger partial charge in [-0.3, -0.25) is 4.79 Å². The van der Waals surface area contributed by atoms with Gasteiger partial charge in [0.2, 0.25) is 0 Å². The van der Waals surface area contributed by atoms with E-state index >= 15 is 0 Å². The standard InChI is InChI=1S/C27H25NO2/c29-27(30-18-20-10-5-2-6-11-20)22-12-7-13-25-26(22)23-17-21(14-15-24(23)28-25)16-19-8-3-1-4-9-19/h1-6,8-11,14-15,17,22,28H,7,12-13,16,18H2. The van der Waals surface area contributed by atoms with E-state index in [1.54, 1.807) is 0 Å². The third kappa shape index (κ3) is 3.76. The summed E-state index contributed by atoms with van der Waals surface area (Å²) >= 11 is 0. The minimum absolute atomic E-state index is 0.117. The first-order valence-electron chi connectivity index (χ1n) is 10.7. The number of fused-ring (bicyclic) bond motifs is 3. The number of esters is 1. The maximum atomic E-state index is 13.0. The highest BCUT2D eigenvalue weighted by Gasteiger charge is 2.31. The number of rotatable bonds is 5. The van der Waals surface area contributed by atoms with Crippen LogP contribution in [0.15, 0.2) is 78.9 Å². The van der Waals surface area contributed by atoms with Gasteiger partial charge in [0, 0.05) is 16.6 Å². The molecule has 1 aliphatic rings. The first-order valence-corrected chi connectivity index (χ1v) is 10.7. The zero-order chi connectivity index (χ0) is 20.3. The predicted octanol–water partition coefficient (Wildman–Crippen LogP) is 5.92. The number of carbonyl (C=O) groups is 1. The largest absolute Gasteiger partial charge is 0.460 e. The summed E-state index contributed by atoms with van der Waals surface area (Å²) in [6.07, 6.45) is 3.72. The third-order valence-corrected chi connectivity index (χ3v) is 6.01. The van der Waals surface area contributed by atoms with Gasteiger partial charge in [-0.05, 0) is 60.1 Å². The lowest BCUT2D eigenvalue weighted by molar-refractivity contribution is -0.147. The number of ether oxygens (including phenoxy) is 1. The lowest BCUT2D eigenvalue weighted by atomic mass is 9.85. The van der Waals surface area contributed by atoms with E-state index in [1.807, 2.05) is 36.4 Å². The molecule has 0 fully saturated rings. The van der Waals surface area contributed by atoms with Crippen molar-refractivity contribution in [2.45, 2.75) is 38.2 Å². The van der Waals surface area contributed by atoms with E-state index in [-0.39, 0.29) is 11.9 Å². The van der Waals surface area contributed by atoms with Crippen LogP contribution in [0, 0.1) is 0 Å². The summed E-state index contributed by atoms with van der Waals surface area (Å²) in [5.41, 5.74) is 7.02. The summed E-state index contributed by atoms with van der Waals surface area (Å²) in [6, 6.07) is 27.0. The second-order valence-corrected chi connectivity index (χ2v) is 8.10. The monoisotopic (exact) mass is 395 g/mol. The SMILES string of the molecule is O=C(OCc1ccccc1)C1CCCc2[nH]c3ccc(Cc4ccccc4)cc3c21. The van der Waals surface area contributed by atoms with E-state index in [0.717, 1.165) is 42.3 Å². The van der Waals surface area contributed by atoms with Gasteiger partial charge in [0.1, 0.15) is 6.61 Å². The Morgan fingerprint density at radius 3 is 2.40 bits per heavy atom. The van der Waals surface area contributed by atoms with Gasteiger partial charge in [-0.1, -0.05) is 66.7 Å². The number of aromatic nitrogens is 1. The number of aromatic amines is 1. The van der Waals surface area contributed by atoms with Crippen molar-refractivity contribution in [2.24, 2.45) is 0 Å². The average Bonchev–Trinajstić information content (AvgIpc) is 3.17. The predicted molar refractivity (Wildman–Crippen MR) is 119 cm³/mol. The molecule has 30 heavy (non-hydrogen) atoms. The second kappa shape index (κ2) is 8.19. The van der Waals surface area contributed by atoms with Crippen molar-refractivity contribution in [1.29, 1.82) is 0 Å². The lowest BCUT2D eigenvalue weighted by Gasteiger charge is -2.22. The summed E-state index contributed by atoms with van der Waals surface area (Å²) in [5.74, 6) is -0.313. The van der Waals surface area contributed by atoms with Crippen LogP contribution in [0.2, 0.25) is 0 Å². The molecule has 1 unspecified atom stereocenters. The molecule has 0 radical (unpaired) electrons. The van der Waals surface area contributed by atoms with Crippen LogP contribution < -0.4 is 0 Å². The van der Waals surface area contributed by atoms with Crippen LogP contribution >= 0.6 is 0 Å².